The van der Waals surface area contributed by atoms with E-state index in [2.05, 4.69) is 10.6 Å². The van der Waals surface area contributed by atoms with Gasteiger partial charge in [-0.05, 0) is 49.3 Å². The van der Waals surface area contributed by atoms with Gasteiger partial charge >= 0.3 is 5.51 Å². The first-order chi connectivity index (χ1) is 9.35. The Balaban J connectivity index is 2.15. The Kier molecular flexibility index (Phi) is 4.59. The highest BCUT2D eigenvalue weighted by molar-refractivity contribution is 8.00. The van der Waals surface area contributed by atoms with Crippen LogP contribution in [0.1, 0.15) is 12.0 Å². The normalized spacial score (nSPS) is 19.1. The molecule has 2 N–H and O–H groups in total. The summed E-state index contributed by atoms with van der Waals surface area (Å²) in [5.41, 5.74) is -3.44. The van der Waals surface area contributed by atoms with Crippen molar-refractivity contribution in [2.75, 3.05) is 18.4 Å². The summed E-state index contributed by atoms with van der Waals surface area (Å²) in [6, 6.07) is 4.63. The lowest BCUT2D eigenvalue weighted by atomic mass is 10.1. The van der Waals surface area contributed by atoms with Crippen LogP contribution in [-0.4, -0.2) is 24.5 Å². The minimum Gasteiger partial charge on any atom is -0.325 e. The quantitative estimate of drug-likeness (QED) is 0.843. The van der Waals surface area contributed by atoms with Gasteiger partial charge in [0.15, 0.2) is 0 Å². The molecule has 0 saturated carbocycles. The Hall–Kier alpha value is -1.21. The number of thioether (sulfide) groups is 1. The van der Waals surface area contributed by atoms with Crippen molar-refractivity contribution in [3.8, 4) is 0 Å². The van der Waals surface area contributed by atoms with Gasteiger partial charge in [-0.3, -0.25) is 4.79 Å². The highest BCUT2D eigenvalue weighted by Gasteiger charge is 2.31. The molecule has 0 radical (unpaired) electrons. The van der Waals surface area contributed by atoms with Crippen molar-refractivity contribution < 1.29 is 18.0 Å². The lowest BCUT2D eigenvalue weighted by Crippen LogP contribution is -2.25. The van der Waals surface area contributed by atoms with Gasteiger partial charge < -0.3 is 10.6 Å². The van der Waals surface area contributed by atoms with Gasteiger partial charge in [0.25, 0.3) is 0 Å². The highest BCUT2D eigenvalue weighted by atomic mass is 32.2. The van der Waals surface area contributed by atoms with Crippen molar-refractivity contribution in [2.24, 2.45) is 5.92 Å². The summed E-state index contributed by atoms with van der Waals surface area (Å²) in [6.45, 7) is 3.04. The van der Waals surface area contributed by atoms with Gasteiger partial charge in [-0.1, -0.05) is 6.07 Å². The summed E-state index contributed by atoms with van der Waals surface area (Å²) in [5, 5.41) is 5.66. The Morgan fingerprint density at radius 2 is 2.20 bits per heavy atom. The van der Waals surface area contributed by atoms with Crippen molar-refractivity contribution in [3.63, 3.8) is 0 Å². The third-order valence-electron chi connectivity index (χ3n) is 3.05. The van der Waals surface area contributed by atoms with Crippen LogP contribution < -0.4 is 10.6 Å². The van der Waals surface area contributed by atoms with Crippen molar-refractivity contribution in [2.45, 2.75) is 23.7 Å². The van der Waals surface area contributed by atoms with E-state index >= 15 is 0 Å². The topological polar surface area (TPSA) is 41.1 Å². The molecule has 110 valence electrons. The van der Waals surface area contributed by atoms with Gasteiger partial charge in [0, 0.05) is 11.4 Å². The average Bonchev–Trinajstić information content (AvgIpc) is 2.84. The summed E-state index contributed by atoms with van der Waals surface area (Å²) in [4.78, 5) is 12.0. The molecule has 1 aliphatic rings. The van der Waals surface area contributed by atoms with Gasteiger partial charge in [0.1, 0.15) is 0 Å². The lowest BCUT2D eigenvalue weighted by Gasteiger charge is -2.15. The van der Waals surface area contributed by atoms with Crippen LogP contribution in [0.15, 0.2) is 23.1 Å². The predicted molar refractivity (Wildman–Crippen MR) is 72.7 cm³/mol. The van der Waals surface area contributed by atoms with Crippen LogP contribution in [0.3, 0.4) is 0 Å². The van der Waals surface area contributed by atoms with Crippen LogP contribution in [0.4, 0.5) is 18.9 Å². The maximum absolute atomic E-state index is 12.5. The van der Waals surface area contributed by atoms with E-state index in [1.54, 1.807) is 13.0 Å². The van der Waals surface area contributed by atoms with Crippen molar-refractivity contribution in [1.29, 1.82) is 0 Å². The number of alkyl halides is 3. The molecule has 1 amide bonds. The van der Waals surface area contributed by atoms with E-state index in [0.29, 0.717) is 13.0 Å². The SMILES string of the molecule is Cc1ccc(NC(=O)[C@H]2CCNC2)c(SC(F)(F)F)c1. The fourth-order valence-electron chi connectivity index (χ4n) is 2.06. The smallest absolute Gasteiger partial charge is 0.325 e. The molecule has 0 spiro atoms. The van der Waals surface area contributed by atoms with Crippen LogP contribution in [0, 0.1) is 12.8 Å². The second-order valence-electron chi connectivity index (χ2n) is 4.73. The number of aryl methyl sites for hydroxylation is 1. The predicted octanol–water partition coefficient (Wildman–Crippen LogP) is 3.15. The van der Waals surface area contributed by atoms with Crippen molar-refractivity contribution in [1.82, 2.24) is 5.32 Å². The number of benzene rings is 1. The molecule has 0 unspecified atom stereocenters. The first-order valence-corrected chi connectivity index (χ1v) is 7.05. The number of hydrogen-bond donors (Lipinski definition) is 2. The van der Waals surface area contributed by atoms with Crippen molar-refractivity contribution in [3.05, 3.63) is 23.8 Å². The van der Waals surface area contributed by atoms with Gasteiger partial charge in [-0.15, -0.1) is 0 Å². The number of carbonyl (C=O) groups excluding carboxylic acids is 1. The van der Waals surface area contributed by atoms with Crippen LogP contribution in [-0.2, 0) is 4.79 Å². The third-order valence-corrected chi connectivity index (χ3v) is 3.84. The van der Waals surface area contributed by atoms with Crippen LogP contribution in [0.25, 0.3) is 0 Å². The number of halogens is 3. The number of nitrogens with one attached hydrogen (secondary N) is 2. The number of amides is 1. The molecule has 1 saturated heterocycles. The van der Waals surface area contributed by atoms with E-state index in [9.17, 15) is 18.0 Å². The molecule has 1 heterocycles. The molecule has 2 rings (SSSR count). The fourth-order valence-corrected chi connectivity index (χ4v) is 2.78. The summed E-state index contributed by atoms with van der Waals surface area (Å²) in [6.07, 6.45) is 0.708. The Morgan fingerprint density at radius 1 is 1.45 bits per heavy atom. The van der Waals surface area contributed by atoms with E-state index in [-0.39, 0.29) is 34.2 Å². The number of rotatable bonds is 3. The lowest BCUT2D eigenvalue weighted by molar-refractivity contribution is -0.119. The third kappa shape index (κ3) is 4.14. The summed E-state index contributed by atoms with van der Waals surface area (Å²) < 4.78 is 37.6. The van der Waals surface area contributed by atoms with Gasteiger partial charge in [0.05, 0.1) is 11.6 Å². The number of carbonyl (C=O) groups is 1. The van der Waals surface area contributed by atoms with E-state index in [1.165, 1.54) is 12.1 Å². The molecular weight excluding hydrogens is 289 g/mol. The van der Waals surface area contributed by atoms with Crippen LogP contribution in [0.2, 0.25) is 0 Å². The maximum atomic E-state index is 12.5. The van der Waals surface area contributed by atoms with E-state index < -0.39 is 5.51 Å². The average molecular weight is 304 g/mol. The monoisotopic (exact) mass is 304 g/mol. The van der Waals surface area contributed by atoms with Gasteiger partial charge in [0.2, 0.25) is 5.91 Å². The standard InChI is InChI=1S/C13H15F3N2OS/c1-8-2-3-10(11(6-8)20-13(14,15)16)18-12(19)9-4-5-17-7-9/h2-3,6,9,17H,4-5,7H2,1H3,(H,18,19)/t9-/m0/s1. The Labute approximate surface area is 119 Å². The molecule has 0 aromatic heterocycles. The molecule has 1 aliphatic heterocycles. The zero-order valence-corrected chi connectivity index (χ0v) is 11.7. The zero-order valence-electron chi connectivity index (χ0n) is 10.9. The first kappa shape index (κ1) is 15.2. The molecule has 3 nitrogen and oxygen atoms in total. The van der Waals surface area contributed by atoms with Crippen molar-refractivity contribution >= 4 is 23.4 Å². The minimum absolute atomic E-state index is 0.0248. The Morgan fingerprint density at radius 3 is 2.80 bits per heavy atom. The first-order valence-electron chi connectivity index (χ1n) is 6.23. The number of anilines is 1. The molecular formula is C13H15F3N2OS. The maximum Gasteiger partial charge on any atom is 0.446 e. The van der Waals surface area contributed by atoms with E-state index in [1.807, 2.05) is 0 Å². The van der Waals surface area contributed by atoms with Gasteiger partial charge in [-0.2, -0.15) is 13.2 Å². The zero-order chi connectivity index (χ0) is 14.8. The molecule has 7 heteroatoms. The molecule has 0 aliphatic carbocycles. The second-order valence-corrected chi connectivity index (χ2v) is 5.83. The largest absolute Gasteiger partial charge is 0.446 e. The summed E-state index contributed by atoms with van der Waals surface area (Å²) >= 11 is -0.204. The molecule has 1 aromatic carbocycles. The fraction of sp³-hybridized carbons (Fsp3) is 0.462. The highest BCUT2D eigenvalue weighted by Crippen LogP contribution is 2.41. The van der Waals surface area contributed by atoms with E-state index in [0.717, 1.165) is 12.1 Å². The van der Waals surface area contributed by atoms with E-state index in [4.69, 9.17) is 0 Å². The summed E-state index contributed by atoms with van der Waals surface area (Å²) in [7, 11) is 0. The molecule has 1 aromatic rings. The summed E-state index contributed by atoms with van der Waals surface area (Å²) in [5.74, 6) is -0.414. The van der Waals surface area contributed by atoms with Crippen LogP contribution in [0.5, 0.6) is 0 Å². The van der Waals surface area contributed by atoms with Gasteiger partial charge in [-0.25, -0.2) is 0 Å². The minimum atomic E-state index is -4.37. The molecule has 0 bridgehead atoms. The Bertz CT molecular complexity index is 499. The second kappa shape index (κ2) is 6.05. The van der Waals surface area contributed by atoms with Crippen LogP contribution >= 0.6 is 11.8 Å². The number of hydrogen-bond acceptors (Lipinski definition) is 3. The molecule has 1 fully saturated rings. The molecule has 1 atom stereocenters. The molecule has 20 heavy (non-hydrogen) atoms.